The molecule has 0 saturated carbocycles. The van der Waals surface area contributed by atoms with Gasteiger partial charge in [0.1, 0.15) is 0 Å². The molecule has 3 heteroatoms. The number of aliphatic hydroxyl groups excluding tert-OH is 1. The zero-order valence-electron chi connectivity index (χ0n) is 5.49. The maximum atomic E-state index is 9.17. The smallest absolute Gasteiger partial charge is 0.390 e. The third-order valence-corrected chi connectivity index (χ3v) is 2.12. The summed E-state index contributed by atoms with van der Waals surface area (Å²) in [6, 6.07) is 3.85. The Hall–Kier alpha value is 0.348. The molecule has 0 bridgehead atoms. The summed E-state index contributed by atoms with van der Waals surface area (Å²) < 4.78 is 0. The van der Waals surface area contributed by atoms with Gasteiger partial charge in [-0.2, -0.15) is 6.42 Å². The van der Waals surface area contributed by atoms with Crippen LogP contribution in [0.3, 0.4) is 0 Å². The normalized spacial score (nSPS) is 12.2. The van der Waals surface area contributed by atoms with E-state index in [1.807, 2.05) is 17.5 Å². The van der Waals surface area contributed by atoms with Gasteiger partial charge in [0.25, 0.3) is 0 Å². The van der Waals surface area contributed by atoms with Crippen LogP contribution in [0.4, 0.5) is 0 Å². The second-order valence-corrected chi connectivity index (χ2v) is 2.80. The van der Waals surface area contributed by atoms with E-state index < -0.39 is 0 Å². The van der Waals surface area contributed by atoms with Crippen molar-refractivity contribution < 1.29 is 26.2 Å². The summed E-state index contributed by atoms with van der Waals surface area (Å²) >= 11 is 1.57. The van der Waals surface area contributed by atoms with Gasteiger partial charge < -0.3 is 12.0 Å². The van der Waals surface area contributed by atoms with Crippen LogP contribution in [0.15, 0.2) is 17.5 Å². The quantitative estimate of drug-likeness (QED) is 0.825. The average Bonchev–Trinajstić information content (AvgIpc) is 2.37. The first-order chi connectivity index (χ1) is 4.34. The predicted octanol–water partition coefficient (Wildman–Crippen LogP) is 2.00. The van der Waals surface area contributed by atoms with Crippen molar-refractivity contribution in [3.63, 3.8) is 0 Å². The molecule has 1 nitrogen and oxygen atoms in total. The number of hydrogen-bond donors (Lipinski definition) is 1. The number of thiophene rings is 1. The molecule has 0 fully saturated rings. The predicted molar refractivity (Wildman–Crippen MR) is 39.3 cm³/mol. The SMILES string of the molecule is [CH2-]CC(O)c1cccs1.[W+2]. The molecule has 54 valence electrons. The van der Waals surface area contributed by atoms with Crippen molar-refractivity contribution in [2.45, 2.75) is 12.5 Å². The maximum absolute atomic E-state index is 9.17. The summed E-state index contributed by atoms with van der Waals surface area (Å²) in [4.78, 5) is 1.00. The first kappa shape index (κ1) is 10.3. The van der Waals surface area contributed by atoms with E-state index in [-0.39, 0.29) is 27.2 Å². The molecule has 1 aromatic rings. The summed E-state index contributed by atoms with van der Waals surface area (Å²) in [5.41, 5.74) is 0. The van der Waals surface area contributed by atoms with Crippen LogP contribution in [0.1, 0.15) is 17.4 Å². The number of hydrogen-bond acceptors (Lipinski definition) is 2. The second-order valence-electron chi connectivity index (χ2n) is 1.82. The van der Waals surface area contributed by atoms with E-state index in [1.165, 1.54) is 0 Å². The van der Waals surface area contributed by atoms with Crippen LogP contribution in [0.25, 0.3) is 0 Å². The fraction of sp³-hybridized carbons (Fsp3) is 0.286. The van der Waals surface area contributed by atoms with E-state index >= 15 is 0 Å². The Morgan fingerprint density at radius 1 is 1.70 bits per heavy atom. The van der Waals surface area contributed by atoms with E-state index in [0.29, 0.717) is 6.42 Å². The third kappa shape index (κ3) is 2.53. The Bertz CT molecular complexity index is 162. The third-order valence-electron chi connectivity index (χ3n) is 1.15. The molecule has 0 aliphatic heterocycles. The minimum atomic E-state index is -0.356. The van der Waals surface area contributed by atoms with Crippen LogP contribution in [-0.4, -0.2) is 5.11 Å². The van der Waals surface area contributed by atoms with Crippen LogP contribution in [0.2, 0.25) is 0 Å². The minimum Gasteiger partial charge on any atom is -0.390 e. The van der Waals surface area contributed by atoms with Crippen LogP contribution in [0.5, 0.6) is 0 Å². The van der Waals surface area contributed by atoms with Gasteiger partial charge >= 0.3 is 21.1 Å². The van der Waals surface area contributed by atoms with Gasteiger partial charge in [0, 0.05) is 4.88 Å². The topological polar surface area (TPSA) is 20.2 Å². The fourth-order valence-electron chi connectivity index (χ4n) is 0.623. The van der Waals surface area contributed by atoms with Gasteiger partial charge in [-0.25, -0.2) is 0 Å². The number of aliphatic hydroxyl groups is 1. The minimum absolute atomic E-state index is 0. The molecule has 0 saturated heterocycles. The Labute approximate surface area is 79.3 Å². The zero-order chi connectivity index (χ0) is 6.69. The maximum Gasteiger partial charge on any atom is 2.00 e. The van der Waals surface area contributed by atoms with Crippen LogP contribution in [0, 0.1) is 6.92 Å². The Morgan fingerprint density at radius 2 is 2.40 bits per heavy atom. The van der Waals surface area contributed by atoms with Crippen molar-refractivity contribution in [2.75, 3.05) is 0 Å². The van der Waals surface area contributed by atoms with E-state index in [2.05, 4.69) is 6.92 Å². The van der Waals surface area contributed by atoms with Gasteiger partial charge in [0.2, 0.25) is 0 Å². The molecule has 1 heterocycles. The van der Waals surface area contributed by atoms with E-state index in [0.717, 1.165) is 4.88 Å². The molecule has 1 unspecified atom stereocenters. The van der Waals surface area contributed by atoms with Gasteiger partial charge in [-0.15, -0.1) is 11.3 Å². The van der Waals surface area contributed by atoms with Crippen LogP contribution in [-0.2, 0) is 21.1 Å². The van der Waals surface area contributed by atoms with Crippen molar-refractivity contribution >= 4 is 11.3 Å². The first-order valence-corrected chi connectivity index (χ1v) is 3.73. The standard InChI is InChI=1S/C7H9OS.W/c1-2-6(8)7-4-3-5-9-7;/h3-6,8H,1-2H2;/q-1;+2. The summed E-state index contributed by atoms with van der Waals surface area (Å²) in [5.74, 6) is 0. The molecular formula is C7H9OSW+. The molecule has 0 spiro atoms. The van der Waals surface area contributed by atoms with Crippen molar-refractivity contribution in [3.8, 4) is 0 Å². The Kier molecular flexibility index (Phi) is 5.24. The molecule has 1 N–H and O–H groups in total. The van der Waals surface area contributed by atoms with Gasteiger partial charge in [0.05, 0.1) is 6.10 Å². The first-order valence-electron chi connectivity index (χ1n) is 2.85. The van der Waals surface area contributed by atoms with Gasteiger partial charge in [-0.05, 0) is 11.4 Å². The largest absolute Gasteiger partial charge is 2.00 e. The van der Waals surface area contributed by atoms with Gasteiger partial charge in [0.15, 0.2) is 0 Å². The average molecular weight is 325 g/mol. The molecule has 1 atom stereocenters. The molecule has 0 radical (unpaired) electrons. The molecule has 1 aromatic heterocycles. The van der Waals surface area contributed by atoms with Crippen molar-refractivity contribution in [3.05, 3.63) is 29.3 Å². The number of rotatable bonds is 2. The Balaban J connectivity index is 0.000000810. The zero-order valence-corrected chi connectivity index (χ0v) is 9.24. The Morgan fingerprint density at radius 3 is 2.80 bits per heavy atom. The van der Waals surface area contributed by atoms with Crippen molar-refractivity contribution in [2.24, 2.45) is 0 Å². The summed E-state index contributed by atoms with van der Waals surface area (Å²) in [6.45, 7) is 3.60. The second kappa shape index (κ2) is 5.06. The van der Waals surface area contributed by atoms with E-state index in [9.17, 15) is 0 Å². The van der Waals surface area contributed by atoms with E-state index in [4.69, 9.17) is 5.11 Å². The molecule has 0 aliphatic carbocycles. The molecule has 0 aromatic carbocycles. The molecule has 1 rings (SSSR count). The van der Waals surface area contributed by atoms with Gasteiger partial charge in [-0.3, -0.25) is 0 Å². The monoisotopic (exact) mass is 325 g/mol. The molecule has 0 aliphatic rings. The van der Waals surface area contributed by atoms with Crippen molar-refractivity contribution in [1.29, 1.82) is 0 Å². The molecule has 10 heavy (non-hydrogen) atoms. The van der Waals surface area contributed by atoms with Crippen LogP contribution < -0.4 is 0 Å². The van der Waals surface area contributed by atoms with E-state index in [1.54, 1.807) is 11.3 Å². The molecular weight excluding hydrogens is 316 g/mol. The summed E-state index contributed by atoms with van der Waals surface area (Å²) in [7, 11) is 0. The summed E-state index contributed by atoms with van der Waals surface area (Å²) in [5, 5.41) is 11.1. The fourth-order valence-corrected chi connectivity index (χ4v) is 1.37. The van der Waals surface area contributed by atoms with Crippen molar-refractivity contribution in [1.82, 2.24) is 0 Å². The van der Waals surface area contributed by atoms with Crippen LogP contribution >= 0.6 is 11.3 Å². The molecule has 0 amide bonds. The van der Waals surface area contributed by atoms with Gasteiger partial charge in [-0.1, -0.05) is 6.07 Å². The summed E-state index contributed by atoms with van der Waals surface area (Å²) in [6.07, 6.45) is 0.200.